The monoisotopic (exact) mass is 292 g/mol. The summed E-state index contributed by atoms with van der Waals surface area (Å²) in [4.78, 5) is 13.3. The molecule has 0 unspecified atom stereocenters. The van der Waals surface area contributed by atoms with Gasteiger partial charge in [-0.25, -0.2) is 4.39 Å². The Balaban J connectivity index is 2.01. The van der Waals surface area contributed by atoms with Gasteiger partial charge in [-0.05, 0) is 36.4 Å². The molecular weight excluding hydrogens is 278 g/mol. The van der Waals surface area contributed by atoms with Gasteiger partial charge in [0.2, 0.25) is 5.82 Å². The molecule has 0 fully saturated rings. The van der Waals surface area contributed by atoms with Crippen molar-refractivity contribution in [1.82, 2.24) is 0 Å². The van der Waals surface area contributed by atoms with Crippen molar-refractivity contribution in [3.05, 3.63) is 54.1 Å². The molecule has 4 nitrogen and oxygen atoms in total. The van der Waals surface area contributed by atoms with Crippen molar-refractivity contribution in [2.75, 3.05) is 24.3 Å². The number of hydrogen-bond donors (Lipinski definition) is 1. The van der Waals surface area contributed by atoms with Crippen molar-refractivity contribution in [1.29, 1.82) is 0 Å². The average Bonchev–Trinajstić information content (AvgIpc) is 2.48. The lowest BCUT2D eigenvalue weighted by atomic mass is 10.2. The predicted molar refractivity (Wildman–Crippen MR) is 76.1 cm³/mol. The van der Waals surface area contributed by atoms with Gasteiger partial charge in [-0.1, -0.05) is 6.07 Å². The predicted octanol–water partition coefficient (Wildman–Crippen LogP) is 2.59. The molecule has 1 amide bonds. The fourth-order valence-electron chi connectivity index (χ4n) is 1.67. The molecule has 0 aromatic heterocycles. The number of likely N-dealkylation sites (N-methyl/N-ethyl adjacent to an activating group) is 1. The van der Waals surface area contributed by atoms with E-state index in [0.717, 1.165) is 6.07 Å². The van der Waals surface area contributed by atoms with Gasteiger partial charge in [-0.15, -0.1) is 0 Å². The molecule has 0 aliphatic rings. The highest BCUT2D eigenvalue weighted by atomic mass is 19.2. The van der Waals surface area contributed by atoms with E-state index in [4.69, 9.17) is 10.5 Å². The van der Waals surface area contributed by atoms with Gasteiger partial charge in [0, 0.05) is 18.4 Å². The van der Waals surface area contributed by atoms with Crippen molar-refractivity contribution in [2.45, 2.75) is 0 Å². The second-order valence-electron chi connectivity index (χ2n) is 4.38. The Bertz CT molecular complexity index is 645. The Morgan fingerprint density at radius 3 is 2.52 bits per heavy atom. The molecule has 0 radical (unpaired) electrons. The maximum atomic E-state index is 13.4. The zero-order valence-corrected chi connectivity index (χ0v) is 11.3. The molecule has 0 atom stereocenters. The fourth-order valence-corrected chi connectivity index (χ4v) is 1.67. The fraction of sp³-hybridized carbons (Fsp3) is 0.133. The van der Waals surface area contributed by atoms with E-state index in [1.165, 1.54) is 17.0 Å². The van der Waals surface area contributed by atoms with Crippen LogP contribution in [0.4, 0.5) is 20.2 Å². The van der Waals surface area contributed by atoms with E-state index in [2.05, 4.69) is 0 Å². The summed E-state index contributed by atoms with van der Waals surface area (Å²) < 4.78 is 31.4. The van der Waals surface area contributed by atoms with Gasteiger partial charge in [0.15, 0.2) is 18.2 Å². The third-order valence-electron chi connectivity index (χ3n) is 2.92. The lowest BCUT2D eigenvalue weighted by molar-refractivity contribution is -0.120. The van der Waals surface area contributed by atoms with E-state index >= 15 is 0 Å². The molecule has 6 heteroatoms. The minimum atomic E-state index is -1.11. The van der Waals surface area contributed by atoms with Gasteiger partial charge in [-0.2, -0.15) is 4.39 Å². The van der Waals surface area contributed by atoms with E-state index in [1.54, 1.807) is 31.3 Å². The SMILES string of the molecule is CN(C(=O)COc1cccc(F)c1F)c1ccc(N)cc1. The number of carbonyl (C=O) groups excluding carboxylic acids is 1. The number of halogens is 2. The van der Waals surface area contributed by atoms with Gasteiger partial charge < -0.3 is 15.4 Å². The second-order valence-corrected chi connectivity index (χ2v) is 4.38. The Kier molecular flexibility index (Phi) is 4.37. The molecule has 2 N–H and O–H groups in total. The van der Waals surface area contributed by atoms with E-state index < -0.39 is 24.1 Å². The molecule has 0 saturated carbocycles. The maximum Gasteiger partial charge on any atom is 0.264 e. The smallest absolute Gasteiger partial charge is 0.264 e. The van der Waals surface area contributed by atoms with E-state index in [-0.39, 0.29) is 5.75 Å². The second kappa shape index (κ2) is 6.21. The summed E-state index contributed by atoms with van der Waals surface area (Å²) in [6.45, 7) is -0.402. The summed E-state index contributed by atoms with van der Waals surface area (Å²) in [5.74, 6) is -2.83. The van der Waals surface area contributed by atoms with E-state index in [1.807, 2.05) is 0 Å². The average molecular weight is 292 g/mol. The van der Waals surface area contributed by atoms with Gasteiger partial charge in [0.25, 0.3) is 5.91 Å². The van der Waals surface area contributed by atoms with Crippen LogP contribution in [0.2, 0.25) is 0 Å². The summed E-state index contributed by atoms with van der Waals surface area (Å²) in [6.07, 6.45) is 0. The van der Waals surface area contributed by atoms with Crippen molar-refractivity contribution >= 4 is 17.3 Å². The van der Waals surface area contributed by atoms with Crippen LogP contribution < -0.4 is 15.4 Å². The standard InChI is InChI=1S/C15H14F2N2O2/c1-19(11-7-5-10(18)6-8-11)14(20)9-21-13-4-2-3-12(16)15(13)17/h2-8H,9,18H2,1H3. The molecule has 0 spiro atoms. The van der Waals surface area contributed by atoms with Gasteiger partial charge >= 0.3 is 0 Å². The van der Waals surface area contributed by atoms with Crippen LogP contribution in [0.3, 0.4) is 0 Å². The summed E-state index contributed by atoms with van der Waals surface area (Å²) in [7, 11) is 1.55. The summed E-state index contributed by atoms with van der Waals surface area (Å²) in [5.41, 5.74) is 6.77. The zero-order valence-electron chi connectivity index (χ0n) is 11.3. The highest BCUT2D eigenvalue weighted by molar-refractivity contribution is 5.94. The summed E-state index contributed by atoms with van der Waals surface area (Å²) in [5, 5.41) is 0. The lowest BCUT2D eigenvalue weighted by Gasteiger charge is -2.18. The van der Waals surface area contributed by atoms with Crippen LogP contribution in [0.1, 0.15) is 0 Å². The van der Waals surface area contributed by atoms with Crippen LogP contribution in [0.5, 0.6) is 5.75 Å². The number of nitrogens with two attached hydrogens (primary N) is 1. The van der Waals surface area contributed by atoms with Crippen LogP contribution in [0, 0.1) is 11.6 Å². The molecule has 0 aliphatic carbocycles. The number of amides is 1. The minimum absolute atomic E-state index is 0.297. The quantitative estimate of drug-likeness (QED) is 0.881. The number of hydrogen-bond acceptors (Lipinski definition) is 3. The largest absolute Gasteiger partial charge is 0.481 e. The van der Waals surface area contributed by atoms with Gasteiger partial charge in [0.1, 0.15) is 0 Å². The van der Waals surface area contributed by atoms with Crippen molar-refractivity contribution in [2.24, 2.45) is 0 Å². The Labute approximate surface area is 120 Å². The Morgan fingerprint density at radius 2 is 1.86 bits per heavy atom. The third kappa shape index (κ3) is 3.47. The highest BCUT2D eigenvalue weighted by Crippen LogP contribution is 2.20. The number of nitrogens with zero attached hydrogens (tertiary/aromatic N) is 1. The number of carbonyl (C=O) groups is 1. The van der Waals surface area contributed by atoms with Crippen LogP contribution in [0.15, 0.2) is 42.5 Å². The first kappa shape index (κ1) is 14.8. The molecule has 2 rings (SSSR count). The maximum absolute atomic E-state index is 13.4. The molecular formula is C15H14F2N2O2. The normalized spacial score (nSPS) is 10.2. The molecule has 2 aromatic carbocycles. The molecule has 0 heterocycles. The first-order chi connectivity index (χ1) is 9.99. The first-order valence-corrected chi connectivity index (χ1v) is 6.18. The van der Waals surface area contributed by atoms with Gasteiger partial charge in [-0.3, -0.25) is 4.79 Å². The van der Waals surface area contributed by atoms with Crippen molar-refractivity contribution < 1.29 is 18.3 Å². The summed E-state index contributed by atoms with van der Waals surface area (Å²) in [6, 6.07) is 10.2. The van der Waals surface area contributed by atoms with Crippen molar-refractivity contribution in [3.8, 4) is 5.75 Å². The van der Waals surface area contributed by atoms with Crippen LogP contribution in [-0.2, 0) is 4.79 Å². The van der Waals surface area contributed by atoms with E-state index in [0.29, 0.717) is 11.4 Å². The molecule has 0 aliphatic heterocycles. The first-order valence-electron chi connectivity index (χ1n) is 6.18. The molecule has 2 aromatic rings. The van der Waals surface area contributed by atoms with Crippen LogP contribution in [-0.4, -0.2) is 19.6 Å². The van der Waals surface area contributed by atoms with Crippen LogP contribution >= 0.6 is 0 Å². The summed E-state index contributed by atoms with van der Waals surface area (Å²) >= 11 is 0. The molecule has 0 saturated heterocycles. The zero-order chi connectivity index (χ0) is 15.4. The highest BCUT2D eigenvalue weighted by Gasteiger charge is 2.14. The molecule has 0 bridgehead atoms. The van der Waals surface area contributed by atoms with E-state index in [9.17, 15) is 13.6 Å². The lowest BCUT2D eigenvalue weighted by Crippen LogP contribution is -2.31. The number of benzene rings is 2. The van der Waals surface area contributed by atoms with Crippen molar-refractivity contribution in [3.63, 3.8) is 0 Å². The Hall–Kier alpha value is -2.63. The minimum Gasteiger partial charge on any atom is -0.481 e. The van der Waals surface area contributed by atoms with Gasteiger partial charge in [0.05, 0.1) is 0 Å². The molecule has 110 valence electrons. The number of anilines is 2. The number of rotatable bonds is 4. The molecule has 21 heavy (non-hydrogen) atoms. The number of ether oxygens (including phenoxy) is 1. The Morgan fingerprint density at radius 1 is 1.19 bits per heavy atom. The number of nitrogen functional groups attached to an aromatic ring is 1. The third-order valence-corrected chi connectivity index (χ3v) is 2.92. The topological polar surface area (TPSA) is 55.6 Å². The van der Waals surface area contributed by atoms with Crippen LogP contribution in [0.25, 0.3) is 0 Å².